The Bertz CT molecular complexity index is 962. The van der Waals surface area contributed by atoms with E-state index < -0.39 is 44.4 Å². The van der Waals surface area contributed by atoms with Gasteiger partial charge in [0.15, 0.2) is 16.4 Å². The quantitative estimate of drug-likeness (QED) is 0.623. The Kier molecular flexibility index (Phi) is 6.13. The first-order valence-electron chi connectivity index (χ1n) is 8.87. The number of nitrogens with zero attached hydrogens (tertiary/aromatic N) is 1. The molecule has 2 aliphatic rings. The molecule has 1 aliphatic carbocycles. The van der Waals surface area contributed by atoms with Gasteiger partial charge in [0.1, 0.15) is 4.21 Å². The normalized spacial score (nSPS) is 22.2. The van der Waals surface area contributed by atoms with E-state index in [2.05, 4.69) is 0 Å². The Balaban J connectivity index is 1.66. The molecule has 0 unspecified atom stereocenters. The fourth-order valence-corrected chi connectivity index (χ4v) is 7.03. The molecule has 2 N–H and O–H groups in total. The van der Waals surface area contributed by atoms with Crippen molar-refractivity contribution in [3.05, 3.63) is 17.0 Å². The van der Waals surface area contributed by atoms with Crippen LogP contribution < -0.4 is 5.14 Å². The molecule has 28 heavy (non-hydrogen) atoms. The van der Waals surface area contributed by atoms with Crippen molar-refractivity contribution in [3.63, 3.8) is 0 Å². The van der Waals surface area contributed by atoms with E-state index in [1.54, 1.807) is 4.90 Å². The molecule has 0 aromatic carbocycles. The lowest BCUT2D eigenvalue weighted by molar-refractivity contribution is -0.139. The third kappa shape index (κ3) is 4.91. The van der Waals surface area contributed by atoms with Crippen LogP contribution in [0.5, 0.6) is 0 Å². The van der Waals surface area contributed by atoms with Crippen molar-refractivity contribution in [1.82, 2.24) is 4.90 Å². The van der Waals surface area contributed by atoms with Crippen molar-refractivity contribution in [3.8, 4) is 0 Å². The molecule has 1 aromatic heterocycles. The lowest BCUT2D eigenvalue weighted by Crippen LogP contribution is -2.48. The van der Waals surface area contributed by atoms with E-state index in [0.717, 1.165) is 43.1 Å². The first-order valence-corrected chi connectivity index (χ1v) is 13.1. The van der Waals surface area contributed by atoms with Gasteiger partial charge in [-0.2, -0.15) is 0 Å². The number of ether oxygens (including phenoxy) is 1. The van der Waals surface area contributed by atoms with E-state index in [0.29, 0.717) is 6.42 Å². The van der Waals surface area contributed by atoms with Crippen LogP contribution in [-0.2, 0) is 29.4 Å². The fourth-order valence-electron chi connectivity index (χ4n) is 3.74. The SMILES string of the molecule is NS(=O)(=O)c1cc(C(=O)OCC(=O)N(C2CCCC2)[C@@H]2CCS(=O)(=O)C2)cs1. The van der Waals surface area contributed by atoms with Gasteiger partial charge in [-0.25, -0.2) is 26.8 Å². The summed E-state index contributed by atoms with van der Waals surface area (Å²) in [4.78, 5) is 26.5. The van der Waals surface area contributed by atoms with Crippen LogP contribution in [0.25, 0.3) is 0 Å². The number of amides is 1. The van der Waals surface area contributed by atoms with E-state index >= 15 is 0 Å². The van der Waals surface area contributed by atoms with E-state index in [1.807, 2.05) is 0 Å². The molecule has 156 valence electrons. The highest BCUT2D eigenvalue weighted by atomic mass is 32.2. The Hall–Kier alpha value is -1.50. The van der Waals surface area contributed by atoms with Gasteiger partial charge < -0.3 is 9.64 Å². The van der Waals surface area contributed by atoms with Gasteiger partial charge in [0.05, 0.1) is 17.1 Å². The second-order valence-corrected chi connectivity index (χ2v) is 12.0. The van der Waals surface area contributed by atoms with Crippen molar-refractivity contribution in [2.45, 2.75) is 48.4 Å². The smallest absolute Gasteiger partial charge is 0.339 e. The Morgan fingerprint density at radius 2 is 1.89 bits per heavy atom. The molecule has 9 nitrogen and oxygen atoms in total. The zero-order valence-corrected chi connectivity index (χ0v) is 17.5. The molecule has 3 rings (SSSR count). The number of sulfone groups is 1. The molecule has 1 aromatic rings. The first-order chi connectivity index (χ1) is 13.1. The van der Waals surface area contributed by atoms with Gasteiger partial charge in [0, 0.05) is 17.5 Å². The van der Waals surface area contributed by atoms with Crippen molar-refractivity contribution < 1.29 is 31.2 Å². The lowest BCUT2D eigenvalue weighted by atomic mass is 10.1. The number of nitrogens with two attached hydrogens (primary N) is 1. The number of carbonyl (C=O) groups excluding carboxylic acids is 2. The minimum atomic E-state index is -3.91. The summed E-state index contributed by atoms with van der Waals surface area (Å²) in [7, 11) is -7.07. The topological polar surface area (TPSA) is 141 Å². The predicted molar refractivity (Wildman–Crippen MR) is 102 cm³/mol. The summed E-state index contributed by atoms with van der Waals surface area (Å²) in [5, 5.41) is 6.31. The summed E-state index contributed by atoms with van der Waals surface area (Å²) in [5.74, 6) is -1.26. The summed E-state index contributed by atoms with van der Waals surface area (Å²) in [6.45, 7) is -0.521. The Morgan fingerprint density at radius 3 is 2.43 bits per heavy atom. The molecule has 1 atom stereocenters. The molecule has 1 aliphatic heterocycles. The number of hydrogen-bond acceptors (Lipinski definition) is 8. The molecule has 0 radical (unpaired) electrons. The van der Waals surface area contributed by atoms with E-state index in [-0.39, 0.29) is 27.3 Å². The van der Waals surface area contributed by atoms with E-state index in [4.69, 9.17) is 9.88 Å². The second-order valence-electron chi connectivity index (χ2n) is 7.07. The summed E-state index contributed by atoms with van der Waals surface area (Å²) >= 11 is 0.790. The number of primary sulfonamides is 1. The molecule has 12 heteroatoms. The molecule has 0 bridgehead atoms. The highest BCUT2D eigenvalue weighted by Crippen LogP contribution is 2.29. The van der Waals surface area contributed by atoms with Crippen molar-refractivity contribution in [2.75, 3.05) is 18.1 Å². The average Bonchev–Trinajstić information content (AvgIpc) is 3.33. The number of hydrogen-bond donors (Lipinski definition) is 1. The van der Waals surface area contributed by atoms with E-state index in [1.165, 1.54) is 5.38 Å². The van der Waals surface area contributed by atoms with Gasteiger partial charge in [-0.3, -0.25) is 4.79 Å². The zero-order chi connectivity index (χ0) is 20.5. The molecule has 2 fully saturated rings. The van der Waals surface area contributed by atoms with Crippen LogP contribution in [0, 0.1) is 0 Å². The van der Waals surface area contributed by atoms with Crippen molar-refractivity contribution in [1.29, 1.82) is 0 Å². The second kappa shape index (κ2) is 8.09. The van der Waals surface area contributed by atoms with Crippen molar-refractivity contribution in [2.24, 2.45) is 5.14 Å². The van der Waals surface area contributed by atoms with Crippen LogP contribution >= 0.6 is 11.3 Å². The summed E-state index contributed by atoms with van der Waals surface area (Å²) < 4.78 is 51.2. The first kappa shape index (κ1) is 21.2. The average molecular weight is 451 g/mol. The Labute approximate surface area is 167 Å². The van der Waals surface area contributed by atoms with Gasteiger partial charge in [0.2, 0.25) is 10.0 Å². The van der Waals surface area contributed by atoms with Gasteiger partial charge in [0.25, 0.3) is 5.91 Å². The zero-order valence-electron chi connectivity index (χ0n) is 15.1. The summed E-state index contributed by atoms with van der Waals surface area (Å²) in [6.07, 6.45) is 3.94. The Morgan fingerprint density at radius 1 is 1.21 bits per heavy atom. The highest BCUT2D eigenvalue weighted by molar-refractivity contribution is 7.91. The van der Waals surface area contributed by atoms with Crippen LogP contribution in [0.4, 0.5) is 0 Å². The molecule has 1 saturated heterocycles. The maximum absolute atomic E-state index is 12.8. The molecule has 0 spiro atoms. The lowest BCUT2D eigenvalue weighted by Gasteiger charge is -2.33. The summed E-state index contributed by atoms with van der Waals surface area (Å²) in [5.41, 5.74) is -0.00214. The van der Waals surface area contributed by atoms with Crippen LogP contribution in [-0.4, -0.2) is 63.8 Å². The van der Waals surface area contributed by atoms with Crippen LogP contribution in [0.3, 0.4) is 0 Å². The van der Waals surface area contributed by atoms with Crippen molar-refractivity contribution >= 4 is 43.1 Å². The van der Waals surface area contributed by atoms with Gasteiger partial charge in [-0.15, -0.1) is 11.3 Å². The molecule has 1 saturated carbocycles. The number of thiophene rings is 1. The van der Waals surface area contributed by atoms with Crippen LogP contribution in [0.15, 0.2) is 15.7 Å². The number of rotatable bonds is 6. The fraction of sp³-hybridized carbons (Fsp3) is 0.625. The third-order valence-corrected chi connectivity index (χ3v) is 9.16. The number of sulfonamides is 1. The van der Waals surface area contributed by atoms with Gasteiger partial charge in [-0.1, -0.05) is 12.8 Å². The number of carbonyl (C=O) groups is 2. The third-order valence-electron chi connectivity index (χ3n) is 5.03. The predicted octanol–water partition coefficient (Wildman–Crippen LogP) is 0.511. The minimum Gasteiger partial charge on any atom is -0.452 e. The largest absolute Gasteiger partial charge is 0.452 e. The van der Waals surface area contributed by atoms with Crippen LogP contribution in [0.1, 0.15) is 42.5 Å². The van der Waals surface area contributed by atoms with Crippen LogP contribution in [0.2, 0.25) is 0 Å². The standard InChI is InChI=1S/C16H22N2O7S3/c17-28(23,24)15-7-11(9-26-15)16(20)25-8-14(19)18(12-3-1-2-4-12)13-5-6-27(21,22)10-13/h7,9,12-13H,1-6,8,10H2,(H2,17,23,24)/t13-/m1/s1. The summed E-state index contributed by atoms with van der Waals surface area (Å²) in [6, 6.07) is 0.666. The molecular formula is C16H22N2O7S3. The maximum Gasteiger partial charge on any atom is 0.339 e. The van der Waals surface area contributed by atoms with E-state index in [9.17, 15) is 26.4 Å². The maximum atomic E-state index is 12.8. The molecule has 2 heterocycles. The number of esters is 1. The monoisotopic (exact) mass is 450 g/mol. The van der Waals surface area contributed by atoms with Gasteiger partial charge in [-0.05, 0) is 25.3 Å². The molecular weight excluding hydrogens is 428 g/mol. The molecule has 1 amide bonds. The minimum absolute atomic E-state index is 0.00214. The van der Waals surface area contributed by atoms with Gasteiger partial charge >= 0.3 is 5.97 Å². The highest BCUT2D eigenvalue weighted by Gasteiger charge is 2.39.